The molecule has 0 radical (unpaired) electrons. The Kier molecular flexibility index (Phi) is 2.77. The van der Waals surface area contributed by atoms with Gasteiger partial charge in [-0.05, 0) is 24.4 Å². The fourth-order valence-corrected chi connectivity index (χ4v) is 2.28. The summed E-state index contributed by atoms with van der Waals surface area (Å²) >= 11 is 13.5. The molecule has 0 atom stereocenters. The number of hydrogen-bond donors (Lipinski definition) is 0. The van der Waals surface area contributed by atoms with Crippen molar-refractivity contribution in [2.75, 3.05) is 0 Å². The van der Waals surface area contributed by atoms with Gasteiger partial charge in [0.05, 0.1) is 10.7 Å². The molecular weight excluding hydrogens is 237 g/mol. The molecule has 2 aromatic heterocycles. The predicted molar refractivity (Wildman–Crippen MR) is 62.3 cm³/mol. The zero-order valence-electron chi connectivity index (χ0n) is 7.42. The molecule has 0 aliphatic carbocycles. The molecule has 14 heavy (non-hydrogen) atoms. The van der Waals surface area contributed by atoms with E-state index in [1.165, 1.54) is 11.3 Å². The Hall–Kier alpha value is -0.570. The van der Waals surface area contributed by atoms with Crippen molar-refractivity contribution in [1.29, 1.82) is 0 Å². The number of pyridine rings is 1. The second-order valence-electron chi connectivity index (χ2n) is 2.90. The highest BCUT2D eigenvalue weighted by atomic mass is 35.5. The molecule has 0 aliphatic heterocycles. The Bertz CT molecular complexity index is 465. The van der Waals surface area contributed by atoms with Gasteiger partial charge in [0.15, 0.2) is 0 Å². The summed E-state index contributed by atoms with van der Waals surface area (Å²) in [6, 6.07) is 3.85. The Labute approximate surface area is 96.3 Å². The van der Waals surface area contributed by atoms with Crippen molar-refractivity contribution in [3.8, 4) is 11.1 Å². The first kappa shape index (κ1) is 9.97. The quantitative estimate of drug-likeness (QED) is 0.723. The summed E-state index contributed by atoms with van der Waals surface area (Å²) in [5.74, 6) is 0. The van der Waals surface area contributed by atoms with Gasteiger partial charge in [-0.1, -0.05) is 23.2 Å². The monoisotopic (exact) mass is 243 g/mol. The predicted octanol–water partition coefficient (Wildman–Crippen LogP) is 4.43. The summed E-state index contributed by atoms with van der Waals surface area (Å²) in [6.07, 6.45) is 1.79. The highest BCUT2D eigenvalue weighted by molar-refractivity contribution is 7.15. The van der Waals surface area contributed by atoms with Crippen molar-refractivity contribution in [2.45, 2.75) is 6.92 Å². The number of thiophene rings is 1. The fraction of sp³-hybridized carbons (Fsp3) is 0.100. The third-order valence-corrected chi connectivity index (χ3v) is 3.51. The normalized spacial score (nSPS) is 10.5. The van der Waals surface area contributed by atoms with Gasteiger partial charge in [-0.15, -0.1) is 11.3 Å². The Morgan fingerprint density at radius 1 is 1.36 bits per heavy atom. The van der Waals surface area contributed by atoms with Crippen LogP contribution < -0.4 is 0 Å². The van der Waals surface area contributed by atoms with E-state index in [-0.39, 0.29) is 0 Å². The zero-order valence-corrected chi connectivity index (χ0v) is 9.75. The smallest absolute Gasteiger partial charge is 0.101 e. The van der Waals surface area contributed by atoms with E-state index in [2.05, 4.69) is 4.98 Å². The van der Waals surface area contributed by atoms with Gasteiger partial charge in [-0.2, -0.15) is 0 Å². The van der Waals surface area contributed by atoms with Gasteiger partial charge in [-0.25, -0.2) is 0 Å². The van der Waals surface area contributed by atoms with Crippen LogP contribution in [0.4, 0.5) is 0 Å². The van der Waals surface area contributed by atoms with E-state index in [4.69, 9.17) is 23.2 Å². The highest BCUT2D eigenvalue weighted by Gasteiger charge is 2.06. The van der Waals surface area contributed by atoms with Crippen LogP contribution in [0.2, 0.25) is 9.36 Å². The molecule has 1 nitrogen and oxygen atoms in total. The molecule has 0 bridgehead atoms. The molecule has 72 valence electrons. The second-order valence-corrected chi connectivity index (χ2v) is 4.82. The average molecular weight is 244 g/mol. The van der Waals surface area contributed by atoms with E-state index in [0.717, 1.165) is 21.2 Å². The van der Waals surface area contributed by atoms with E-state index in [1.807, 2.05) is 24.4 Å². The summed E-state index contributed by atoms with van der Waals surface area (Å²) in [4.78, 5) is 4.19. The average Bonchev–Trinajstić information content (AvgIpc) is 2.57. The number of halogens is 2. The summed E-state index contributed by atoms with van der Waals surface area (Å²) in [5.41, 5.74) is 2.79. The van der Waals surface area contributed by atoms with Crippen LogP contribution in [-0.4, -0.2) is 4.98 Å². The lowest BCUT2D eigenvalue weighted by molar-refractivity contribution is 1.20. The topological polar surface area (TPSA) is 12.9 Å². The largest absolute Gasteiger partial charge is 0.259 e. The third-order valence-electron chi connectivity index (χ3n) is 1.95. The Balaban J connectivity index is 2.53. The van der Waals surface area contributed by atoms with Crippen LogP contribution in [-0.2, 0) is 0 Å². The minimum Gasteiger partial charge on any atom is -0.259 e. The lowest BCUT2D eigenvalue weighted by Gasteiger charge is -2.01. The van der Waals surface area contributed by atoms with Crippen LogP contribution in [0.25, 0.3) is 11.1 Å². The first-order chi connectivity index (χ1) is 6.68. The van der Waals surface area contributed by atoms with E-state index in [0.29, 0.717) is 5.02 Å². The Morgan fingerprint density at radius 3 is 2.71 bits per heavy atom. The number of hydrogen-bond acceptors (Lipinski definition) is 2. The molecule has 0 saturated carbocycles. The van der Waals surface area contributed by atoms with Gasteiger partial charge in [0, 0.05) is 17.3 Å². The van der Waals surface area contributed by atoms with Crippen molar-refractivity contribution in [2.24, 2.45) is 0 Å². The molecular formula is C10H7Cl2NS. The number of rotatable bonds is 1. The van der Waals surface area contributed by atoms with Crippen LogP contribution in [0.3, 0.4) is 0 Å². The van der Waals surface area contributed by atoms with Gasteiger partial charge in [0.25, 0.3) is 0 Å². The summed E-state index contributed by atoms with van der Waals surface area (Å²) in [6.45, 7) is 1.88. The van der Waals surface area contributed by atoms with Gasteiger partial charge in [0.2, 0.25) is 0 Å². The molecule has 0 aliphatic rings. The van der Waals surface area contributed by atoms with Gasteiger partial charge in [0.1, 0.15) is 4.34 Å². The maximum absolute atomic E-state index is 6.01. The van der Waals surface area contributed by atoms with Crippen LogP contribution in [0, 0.1) is 6.92 Å². The van der Waals surface area contributed by atoms with E-state index in [9.17, 15) is 0 Å². The lowest BCUT2D eigenvalue weighted by atomic mass is 10.1. The third kappa shape index (κ3) is 1.78. The van der Waals surface area contributed by atoms with E-state index >= 15 is 0 Å². The van der Waals surface area contributed by atoms with Crippen molar-refractivity contribution in [1.82, 2.24) is 4.98 Å². The zero-order chi connectivity index (χ0) is 10.1. The standard InChI is InChI=1S/C10H7Cl2NS/c1-6-9(11)4-7(5-13-6)8-2-3-14-10(8)12/h2-5H,1H3. The minimum absolute atomic E-state index is 0.671. The van der Waals surface area contributed by atoms with Crippen molar-refractivity contribution in [3.63, 3.8) is 0 Å². The molecule has 0 fully saturated rings. The molecule has 2 rings (SSSR count). The second kappa shape index (κ2) is 3.89. The van der Waals surface area contributed by atoms with Crippen molar-refractivity contribution < 1.29 is 0 Å². The molecule has 0 unspecified atom stereocenters. The molecule has 4 heteroatoms. The van der Waals surface area contributed by atoms with Crippen LogP contribution in [0.1, 0.15) is 5.69 Å². The first-order valence-electron chi connectivity index (χ1n) is 4.04. The lowest BCUT2D eigenvalue weighted by Crippen LogP contribution is -1.84. The van der Waals surface area contributed by atoms with Crippen LogP contribution in [0.15, 0.2) is 23.7 Å². The molecule has 2 heterocycles. The summed E-state index contributed by atoms with van der Waals surface area (Å²) < 4.78 is 0.770. The Morgan fingerprint density at radius 2 is 2.14 bits per heavy atom. The van der Waals surface area contributed by atoms with Gasteiger partial charge in [-0.3, -0.25) is 4.98 Å². The van der Waals surface area contributed by atoms with Gasteiger partial charge >= 0.3 is 0 Å². The molecule has 2 aromatic rings. The highest BCUT2D eigenvalue weighted by Crippen LogP contribution is 2.33. The maximum atomic E-state index is 6.01. The van der Waals surface area contributed by atoms with Crippen molar-refractivity contribution >= 4 is 34.5 Å². The molecule has 0 amide bonds. The molecule has 0 spiro atoms. The fourth-order valence-electron chi connectivity index (χ4n) is 1.15. The first-order valence-corrected chi connectivity index (χ1v) is 5.67. The molecule has 0 saturated heterocycles. The SMILES string of the molecule is Cc1ncc(-c2ccsc2Cl)cc1Cl. The number of aromatic nitrogens is 1. The number of nitrogens with zero attached hydrogens (tertiary/aromatic N) is 1. The van der Waals surface area contributed by atoms with E-state index < -0.39 is 0 Å². The molecule has 0 aromatic carbocycles. The van der Waals surface area contributed by atoms with Gasteiger partial charge < -0.3 is 0 Å². The number of aryl methyl sites for hydroxylation is 1. The van der Waals surface area contributed by atoms with E-state index in [1.54, 1.807) is 6.20 Å². The molecule has 0 N–H and O–H groups in total. The van der Waals surface area contributed by atoms with Crippen LogP contribution >= 0.6 is 34.5 Å². The van der Waals surface area contributed by atoms with Crippen LogP contribution in [0.5, 0.6) is 0 Å². The minimum atomic E-state index is 0.671. The maximum Gasteiger partial charge on any atom is 0.101 e. The summed E-state index contributed by atoms with van der Waals surface area (Å²) in [5, 5.41) is 2.62. The summed E-state index contributed by atoms with van der Waals surface area (Å²) in [7, 11) is 0. The van der Waals surface area contributed by atoms with Crippen molar-refractivity contribution in [3.05, 3.63) is 38.8 Å².